The molecule has 0 aromatic heterocycles. The lowest BCUT2D eigenvalue weighted by Crippen LogP contribution is -2.20. The Morgan fingerprint density at radius 3 is 2.83 bits per heavy atom. The van der Waals surface area contributed by atoms with Crippen molar-refractivity contribution in [3.05, 3.63) is 23.8 Å². The SMILES string of the molecule is CCCCC(CC)COC(=O)C1=CC=CCC1=O. The van der Waals surface area contributed by atoms with Crippen molar-refractivity contribution < 1.29 is 14.3 Å². The molecule has 1 unspecified atom stereocenters. The predicted molar refractivity (Wildman–Crippen MR) is 71.1 cm³/mol. The maximum absolute atomic E-state index is 11.8. The quantitative estimate of drug-likeness (QED) is 0.515. The molecule has 0 aliphatic heterocycles. The molecule has 1 aliphatic rings. The molecule has 3 heteroatoms. The summed E-state index contributed by atoms with van der Waals surface area (Å²) in [5, 5.41) is 0. The molecule has 1 atom stereocenters. The van der Waals surface area contributed by atoms with Crippen LogP contribution in [0, 0.1) is 5.92 Å². The number of unbranched alkanes of at least 4 members (excludes halogenated alkanes) is 1. The first-order valence-corrected chi connectivity index (χ1v) is 6.76. The first-order valence-electron chi connectivity index (χ1n) is 6.76. The number of ether oxygens (including phenoxy) is 1. The van der Waals surface area contributed by atoms with E-state index in [1.54, 1.807) is 18.2 Å². The Bertz CT molecular complexity index is 353. The van der Waals surface area contributed by atoms with Gasteiger partial charge in [0.15, 0.2) is 5.78 Å². The molecule has 0 N–H and O–H groups in total. The minimum Gasteiger partial charge on any atom is -0.462 e. The lowest BCUT2D eigenvalue weighted by atomic mass is 10.0. The molecule has 0 radical (unpaired) electrons. The summed E-state index contributed by atoms with van der Waals surface area (Å²) in [5.74, 6) is -0.216. The highest BCUT2D eigenvalue weighted by Crippen LogP contribution is 2.15. The van der Waals surface area contributed by atoms with Crippen LogP contribution in [0.2, 0.25) is 0 Å². The van der Waals surface area contributed by atoms with E-state index in [4.69, 9.17) is 4.74 Å². The van der Waals surface area contributed by atoms with Crippen LogP contribution in [0.4, 0.5) is 0 Å². The van der Waals surface area contributed by atoms with Gasteiger partial charge in [-0.1, -0.05) is 45.3 Å². The molecule has 0 aromatic rings. The van der Waals surface area contributed by atoms with E-state index in [-0.39, 0.29) is 11.4 Å². The van der Waals surface area contributed by atoms with Crippen molar-refractivity contribution in [2.75, 3.05) is 6.61 Å². The number of ketones is 1. The van der Waals surface area contributed by atoms with Crippen molar-refractivity contribution in [2.24, 2.45) is 5.92 Å². The summed E-state index contributed by atoms with van der Waals surface area (Å²) in [6.45, 7) is 4.67. The van der Waals surface area contributed by atoms with Gasteiger partial charge in [0.05, 0.1) is 6.61 Å². The number of hydrogen-bond acceptors (Lipinski definition) is 3. The van der Waals surface area contributed by atoms with Gasteiger partial charge in [-0.15, -0.1) is 0 Å². The molecule has 0 aromatic carbocycles. The Balaban J connectivity index is 2.42. The van der Waals surface area contributed by atoms with E-state index in [9.17, 15) is 9.59 Å². The van der Waals surface area contributed by atoms with Crippen LogP contribution in [0.25, 0.3) is 0 Å². The molecule has 0 spiro atoms. The number of Topliss-reactive ketones (excluding diaryl/α,β-unsaturated/α-hetero) is 1. The zero-order valence-corrected chi connectivity index (χ0v) is 11.3. The van der Waals surface area contributed by atoms with Crippen molar-refractivity contribution in [2.45, 2.75) is 46.0 Å². The number of carbonyl (C=O) groups is 2. The largest absolute Gasteiger partial charge is 0.462 e. The molecule has 18 heavy (non-hydrogen) atoms. The maximum Gasteiger partial charge on any atom is 0.341 e. The Morgan fingerprint density at radius 2 is 2.22 bits per heavy atom. The molecule has 1 aliphatic carbocycles. The summed E-state index contributed by atoms with van der Waals surface area (Å²) in [6.07, 6.45) is 9.70. The third-order valence-electron chi connectivity index (χ3n) is 3.22. The Morgan fingerprint density at radius 1 is 1.44 bits per heavy atom. The van der Waals surface area contributed by atoms with Crippen molar-refractivity contribution in [3.63, 3.8) is 0 Å². The summed E-state index contributed by atoms with van der Waals surface area (Å²) >= 11 is 0. The fourth-order valence-corrected chi connectivity index (χ4v) is 1.89. The molecular weight excluding hydrogens is 228 g/mol. The highest BCUT2D eigenvalue weighted by Gasteiger charge is 2.20. The van der Waals surface area contributed by atoms with E-state index >= 15 is 0 Å². The van der Waals surface area contributed by atoms with Crippen LogP contribution in [0.3, 0.4) is 0 Å². The van der Waals surface area contributed by atoms with Gasteiger partial charge in [-0.3, -0.25) is 4.79 Å². The van der Waals surface area contributed by atoms with E-state index in [1.807, 2.05) is 0 Å². The van der Waals surface area contributed by atoms with Gasteiger partial charge in [0.1, 0.15) is 5.57 Å². The van der Waals surface area contributed by atoms with Gasteiger partial charge in [0, 0.05) is 6.42 Å². The third kappa shape index (κ3) is 4.47. The fourth-order valence-electron chi connectivity index (χ4n) is 1.89. The van der Waals surface area contributed by atoms with Crippen LogP contribution in [-0.4, -0.2) is 18.4 Å². The number of rotatable bonds is 7. The average Bonchev–Trinajstić information content (AvgIpc) is 2.39. The van der Waals surface area contributed by atoms with E-state index in [0.29, 0.717) is 18.9 Å². The lowest BCUT2D eigenvalue weighted by molar-refractivity contribution is -0.141. The molecule has 0 amide bonds. The van der Waals surface area contributed by atoms with Crippen LogP contribution in [0.15, 0.2) is 23.8 Å². The summed E-state index contributed by atoms with van der Waals surface area (Å²) in [6, 6.07) is 0. The Kier molecular flexibility index (Phi) is 6.40. The molecule has 0 heterocycles. The van der Waals surface area contributed by atoms with Gasteiger partial charge < -0.3 is 4.74 Å². The highest BCUT2D eigenvalue weighted by molar-refractivity contribution is 6.18. The zero-order chi connectivity index (χ0) is 13.4. The van der Waals surface area contributed by atoms with E-state index in [1.165, 1.54) is 0 Å². The molecule has 0 fully saturated rings. The molecule has 100 valence electrons. The third-order valence-corrected chi connectivity index (χ3v) is 3.22. The summed E-state index contributed by atoms with van der Waals surface area (Å²) in [7, 11) is 0. The van der Waals surface area contributed by atoms with Gasteiger partial charge in [-0.25, -0.2) is 4.79 Å². The standard InChI is InChI=1S/C15H22O3/c1-3-5-8-12(4-2)11-18-15(17)13-9-6-7-10-14(13)16/h6-7,9,12H,3-5,8,10-11H2,1-2H3. The van der Waals surface area contributed by atoms with Crippen LogP contribution < -0.4 is 0 Å². The average molecular weight is 250 g/mol. The van der Waals surface area contributed by atoms with Crippen molar-refractivity contribution in [1.29, 1.82) is 0 Å². The van der Waals surface area contributed by atoms with Gasteiger partial charge >= 0.3 is 5.97 Å². The Labute approximate surface area is 109 Å². The molecule has 0 saturated carbocycles. The number of allylic oxidation sites excluding steroid dienone is 3. The monoisotopic (exact) mass is 250 g/mol. The first kappa shape index (κ1) is 14.7. The number of hydrogen-bond donors (Lipinski definition) is 0. The minimum absolute atomic E-state index is 0.149. The zero-order valence-electron chi connectivity index (χ0n) is 11.3. The normalized spacial score (nSPS) is 16.3. The van der Waals surface area contributed by atoms with Crippen molar-refractivity contribution in [3.8, 4) is 0 Å². The van der Waals surface area contributed by atoms with Crippen molar-refractivity contribution >= 4 is 11.8 Å². The molecule has 3 nitrogen and oxygen atoms in total. The molecular formula is C15H22O3. The van der Waals surface area contributed by atoms with Gasteiger partial charge in [-0.05, 0) is 18.4 Å². The Hall–Kier alpha value is -1.38. The number of carbonyl (C=O) groups excluding carboxylic acids is 2. The second kappa shape index (κ2) is 7.85. The number of esters is 1. The van der Waals surface area contributed by atoms with Crippen LogP contribution in [0.1, 0.15) is 46.0 Å². The first-order chi connectivity index (χ1) is 8.69. The lowest BCUT2D eigenvalue weighted by Gasteiger charge is -2.15. The van der Waals surface area contributed by atoms with E-state index < -0.39 is 5.97 Å². The predicted octanol–water partition coefficient (Wildman–Crippen LogP) is 3.20. The van der Waals surface area contributed by atoms with Gasteiger partial charge in [0.25, 0.3) is 0 Å². The van der Waals surface area contributed by atoms with E-state index in [2.05, 4.69) is 13.8 Å². The van der Waals surface area contributed by atoms with E-state index in [0.717, 1.165) is 25.7 Å². The van der Waals surface area contributed by atoms with Gasteiger partial charge in [-0.2, -0.15) is 0 Å². The molecule has 0 bridgehead atoms. The summed E-state index contributed by atoms with van der Waals surface area (Å²) < 4.78 is 5.24. The molecule has 0 saturated heterocycles. The van der Waals surface area contributed by atoms with Crippen molar-refractivity contribution in [1.82, 2.24) is 0 Å². The maximum atomic E-state index is 11.8. The topological polar surface area (TPSA) is 43.4 Å². The van der Waals surface area contributed by atoms with Crippen LogP contribution >= 0.6 is 0 Å². The molecule has 1 rings (SSSR count). The fraction of sp³-hybridized carbons (Fsp3) is 0.600. The minimum atomic E-state index is -0.473. The van der Waals surface area contributed by atoms with Gasteiger partial charge in [0.2, 0.25) is 0 Å². The smallest absolute Gasteiger partial charge is 0.341 e. The van der Waals surface area contributed by atoms with Crippen LogP contribution in [-0.2, 0) is 14.3 Å². The second-order valence-electron chi connectivity index (χ2n) is 4.65. The summed E-state index contributed by atoms with van der Waals surface area (Å²) in [5.41, 5.74) is 0.183. The van der Waals surface area contributed by atoms with Crippen LogP contribution in [0.5, 0.6) is 0 Å². The highest BCUT2D eigenvalue weighted by atomic mass is 16.5. The summed E-state index contributed by atoms with van der Waals surface area (Å²) in [4.78, 5) is 23.3. The second-order valence-corrected chi connectivity index (χ2v) is 4.65.